The van der Waals surface area contributed by atoms with Gasteiger partial charge in [-0.3, -0.25) is 9.59 Å². The van der Waals surface area contributed by atoms with E-state index < -0.39 is 5.92 Å². The molecule has 1 aromatic heterocycles. The lowest BCUT2D eigenvalue weighted by molar-refractivity contribution is -0.138. The number of H-pyrrole nitrogens is 1. The molecule has 1 aliphatic rings. The molecule has 0 bridgehead atoms. The zero-order valence-electron chi connectivity index (χ0n) is 10.8. The van der Waals surface area contributed by atoms with Crippen molar-refractivity contribution in [2.75, 3.05) is 13.1 Å². The second-order valence-corrected chi connectivity index (χ2v) is 5.05. The summed E-state index contributed by atoms with van der Waals surface area (Å²) in [5.41, 5.74) is 1.02. The molecule has 2 rings (SSSR count). The molecule has 1 unspecified atom stereocenters. The highest BCUT2D eigenvalue weighted by atomic mass is 16.2. The van der Waals surface area contributed by atoms with E-state index in [0.29, 0.717) is 19.5 Å². The molecule has 18 heavy (non-hydrogen) atoms. The van der Waals surface area contributed by atoms with Gasteiger partial charge in [0.1, 0.15) is 5.78 Å². The van der Waals surface area contributed by atoms with Gasteiger partial charge in [0.15, 0.2) is 0 Å². The quantitative estimate of drug-likeness (QED) is 0.792. The third kappa shape index (κ3) is 2.60. The molecule has 1 aliphatic heterocycles. The lowest BCUT2D eigenvalue weighted by Gasteiger charge is -2.16. The SMILES string of the molecule is CC(C)C(=O)C1CCN(CCc2cnc[nH]2)C1=O. The van der Waals surface area contributed by atoms with Crippen molar-refractivity contribution in [2.24, 2.45) is 11.8 Å². The number of Topliss-reactive ketones (excluding diaryl/α,β-unsaturated/α-hetero) is 1. The summed E-state index contributed by atoms with van der Waals surface area (Å²) in [6.07, 6.45) is 4.82. The number of aromatic amines is 1. The number of ketones is 1. The maximum absolute atomic E-state index is 12.1. The number of amides is 1. The average molecular weight is 249 g/mol. The van der Waals surface area contributed by atoms with Crippen LogP contribution >= 0.6 is 0 Å². The Hall–Kier alpha value is -1.65. The number of rotatable bonds is 5. The monoisotopic (exact) mass is 249 g/mol. The fourth-order valence-corrected chi connectivity index (χ4v) is 2.30. The van der Waals surface area contributed by atoms with Crippen molar-refractivity contribution in [1.29, 1.82) is 0 Å². The standard InChI is InChI=1S/C13H19N3O2/c1-9(2)12(17)11-4-6-16(13(11)18)5-3-10-7-14-8-15-10/h7-9,11H,3-6H2,1-2H3,(H,14,15). The summed E-state index contributed by atoms with van der Waals surface area (Å²) in [4.78, 5) is 32.7. The van der Waals surface area contributed by atoms with Crippen LogP contribution in [0.5, 0.6) is 0 Å². The van der Waals surface area contributed by atoms with E-state index in [-0.39, 0.29) is 17.6 Å². The number of nitrogens with one attached hydrogen (secondary N) is 1. The van der Waals surface area contributed by atoms with Gasteiger partial charge >= 0.3 is 0 Å². The van der Waals surface area contributed by atoms with E-state index in [1.54, 1.807) is 17.4 Å². The van der Waals surface area contributed by atoms with Crippen LogP contribution in [0.25, 0.3) is 0 Å². The summed E-state index contributed by atoms with van der Waals surface area (Å²) in [6.45, 7) is 5.05. The molecule has 0 aliphatic carbocycles. The van der Waals surface area contributed by atoms with Crippen LogP contribution in [-0.2, 0) is 16.0 Å². The summed E-state index contributed by atoms with van der Waals surface area (Å²) in [5, 5.41) is 0. The molecule has 5 nitrogen and oxygen atoms in total. The minimum Gasteiger partial charge on any atom is -0.348 e. The van der Waals surface area contributed by atoms with Crippen molar-refractivity contribution in [2.45, 2.75) is 26.7 Å². The van der Waals surface area contributed by atoms with Gasteiger partial charge in [-0.2, -0.15) is 0 Å². The lowest BCUT2D eigenvalue weighted by Crippen LogP contribution is -2.33. The Morgan fingerprint density at radius 1 is 1.61 bits per heavy atom. The number of hydrogen-bond acceptors (Lipinski definition) is 3. The van der Waals surface area contributed by atoms with Crippen LogP contribution in [0.3, 0.4) is 0 Å². The van der Waals surface area contributed by atoms with Crippen molar-refractivity contribution >= 4 is 11.7 Å². The van der Waals surface area contributed by atoms with Crippen LogP contribution in [0.1, 0.15) is 26.0 Å². The van der Waals surface area contributed by atoms with Crippen molar-refractivity contribution in [3.63, 3.8) is 0 Å². The summed E-state index contributed by atoms with van der Waals surface area (Å²) in [7, 11) is 0. The second-order valence-electron chi connectivity index (χ2n) is 5.05. The second kappa shape index (κ2) is 5.33. The molecule has 5 heteroatoms. The first-order chi connectivity index (χ1) is 8.59. The smallest absolute Gasteiger partial charge is 0.233 e. The molecule has 1 aromatic rings. The van der Waals surface area contributed by atoms with Gasteiger partial charge in [0.2, 0.25) is 5.91 Å². The summed E-state index contributed by atoms with van der Waals surface area (Å²) < 4.78 is 0. The largest absolute Gasteiger partial charge is 0.348 e. The van der Waals surface area contributed by atoms with Gasteiger partial charge in [0.25, 0.3) is 0 Å². The molecule has 1 saturated heterocycles. The van der Waals surface area contributed by atoms with E-state index in [0.717, 1.165) is 12.1 Å². The first-order valence-electron chi connectivity index (χ1n) is 6.39. The van der Waals surface area contributed by atoms with E-state index in [1.165, 1.54) is 0 Å². The van der Waals surface area contributed by atoms with Gasteiger partial charge in [-0.05, 0) is 6.42 Å². The van der Waals surface area contributed by atoms with E-state index >= 15 is 0 Å². The molecule has 1 amide bonds. The van der Waals surface area contributed by atoms with Gasteiger partial charge in [0, 0.05) is 37.3 Å². The van der Waals surface area contributed by atoms with E-state index in [2.05, 4.69) is 9.97 Å². The number of aromatic nitrogens is 2. The molecule has 1 fully saturated rings. The maximum Gasteiger partial charge on any atom is 0.233 e. The molecule has 2 heterocycles. The number of imidazole rings is 1. The highest BCUT2D eigenvalue weighted by molar-refractivity contribution is 6.03. The molecule has 0 radical (unpaired) electrons. The molecule has 0 spiro atoms. The third-order valence-electron chi connectivity index (χ3n) is 3.42. The third-order valence-corrected chi connectivity index (χ3v) is 3.42. The van der Waals surface area contributed by atoms with Crippen LogP contribution in [0.2, 0.25) is 0 Å². The summed E-state index contributed by atoms with van der Waals surface area (Å²) in [5.74, 6) is -0.407. The number of carbonyl (C=O) groups is 2. The minimum atomic E-state index is -0.410. The van der Waals surface area contributed by atoms with Crippen molar-refractivity contribution in [3.05, 3.63) is 18.2 Å². The highest BCUT2D eigenvalue weighted by Crippen LogP contribution is 2.22. The topological polar surface area (TPSA) is 66.1 Å². The minimum absolute atomic E-state index is 0.00628. The molecule has 1 N–H and O–H groups in total. The van der Waals surface area contributed by atoms with Gasteiger partial charge in [-0.25, -0.2) is 4.98 Å². The average Bonchev–Trinajstić information content (AvgIpc) is 2.95. The highest BCUT2D eigenvalue weighted by Gasteiger charge is 2.37. The molecule has 1 atom stereocenters. The Morgan fingerprint density at radius 2 is 2.39 bits per heavy atom. The van der Waals surface area contributed by atoms with Crippen molar-refractivity contribution < 1.29 is 9.59 Å². The maximum atomic E-state index is 12.1. The van der Waals surface area contributed by atoms with E-state index in [1.807, 2.05) is 13.8 Å². The van der Waals surface area contributed by atoms with Gasteiger partial charge in [-0.1, -0.05) is 13.8 Å². The lowest BCUT2D eigenvalue weighted by atomic mass is 9.94. The van der Waals surface area contributed by atoms with Crippen LogP contribution in [0, 0.1) is 11.8 Å². The Balaban J connectivity index is 1.89. The first-order valence-corrected chi connectivity index (χ1v) is 6.39. The zero-order chi connectivity index (χ0) is 13.1. The number of likely N-dealkylation sites (tertiary alicyclic amines) is 1. The number of nitrogens with zero attached hydrogens (tertiary/aromatic N) is 2. The zero-order valence-corrected chi connectivity index (χ0v) is 10.8. The Bertz CT molecular complexity index is 425. The molecular formula is C13H19N3O2. The van der Waals surface area contributed by atoms with Crippen LogP contribution in [0.15, 0.2) is 12.5 Å². The van der Waals surface area contributed by atoms with E-state index in [4.69, 9.17) is 0 Å². The van der Waals surface area contributed by atoms with Crippen molar-refractivity contribution in [1.82, 2.24) is 14.9 Å². The Morgan fingerprint density at radius 3 is 3.00 bits per heavy atom. The number of carbonyl (C=O) groups excluding carboxylic acids is 2. The summed E-state index contributed by atoms with van der Waals surface area (Å²) in [6, 6.07) is 0. The molecule has 98 valence electrons. The normalized spacial score (nSPS) is 19.8. The molecular weight excluding hydrogens is 230 g/mol. The summed E-state index contributed by atoms with van der Waals surface area (Å²) >= 11 is 0. The van der Waals surface area contributed by atoms with Gasteiger partial charge in [0.05, 0.1) is 12.2 Å². The van der Waals surface area contributed by atoms with E-state index in [9.17, 15) is 9.59 Å². The van der Waals surface area contributed by atoms with Crippen molar-refractivity contribution in [3.8, 4) is 0 Å². The fourth-order valence-electron chi connectivity index (χ4n) is 2.30. The van der Waals surface area contributed by atoms with Gasteiger partial charge < -0.3 is 9.88 Å². The molecule has 0 saturated carbocycles. The van der Waals surface area contributed by atoms with Crippen LogP contribution < -0.4 is 0 Å². The van der Waals surface area contributed by atoms with Crippen LogP contribution in [0.4, 0.5) is 0 Å². The number of hydrogen-bond donors (Lipinski definition) is 1. The van der Waals surface area contributed by atoms with Gasteiger partial charge in [-0.15, -0.1) is 0 Å². The fraction of sp³-hybridized carbons (Fsp3) is 0.615. The Labute approximate surface area is 107 Å². The predicted molar refractivity (Wildman–Crippen MR) is 66.8 cm³/mol. The first kappa shape index (κ1) is 12.8. The Kier molecular flexibility index (Phi) is 3.79. The predicted octanol–water partition coefficient (Wildman–Crippen LogP) is 1.03. The van der Waals surface area contributed by atoms with Crippen LogP contribution in [-0.4, -0.2) is 39.6 Å². The molecule has 0 aromatic carbocycles.